The Morgan fingerprint density at radius 1 is 1.03 bits per heavy atom. The number of rotatable bonds is 6. The van der Waals surface area contributed by atoms with Crippen LogP contribution in [0.3, 0.4) is 0 Å². The second-order valence-electron chi connectivity index (χ2n) is 7.96. The summed E-state index contributed by atoms with van der Waals surface area (Å²) in [7, 11) is 0. The van der Waals surface area contributed by atoms with Crippen LogP contribution >= 0.6 is 23.5 Å². The summed E-state index contributed by atoms with van der Waals surface area (Å²) in [4.78, 5) is 23.4. The molecule has 7 heteroatoms. The molecular weight excluding hydrogens is 462 g/mol. The zero-order valence-electron chi connectivity index (χ0n) is 18.9. The van der Waals surface area contributed by atoms with E-state index in [0.717, 1.165) is 38.0 Å². The Balaban J connectivity index is 1.43. The summed E-state index contributed by atoms with van der Waals surface area (Å²) in [6, 6.07) is 23.8. The van der Waals surface area contributed by atoms with Gasteiger partial charge in [0.15, 0.2) is 5.82 Å². The number of amides is 1. The summed E-state index contributed by atoms with van der Waals surface area (Å²) in [6.07, 6.45) is 2.68. The molecule has 1 aromatic heterocycles. The highest BCUT2D eigenvalue weighted by Crippen LogP contribution is 2.40. The molecule has 0 saturated carbocycles. The van der Waals surface area contributed by atoms with E-state index in [1.807, 2.05) is 73.0 Å². The van der Waals surface area contributed by atoms with E-state index in [0.29, 0.717) is 18.1 Å². The van der Waals surface area contributed by atoms with Crippen LogP contribution in [0.1, 0.15) is 16.7 Å². The molecule has 0 saturated heterocycles. The molecule has 2 heterocycles. The Bertz CT molecular complexity index is 1360. The summed E-state index contributed by atoms with van der Waals surface area (Å²) in [5.41, 5.74) is 4.89. The van der Waals surface area contributed by atoms with E-state index >= 15 is 0 Å². The van der Waals surface area contributed by atoms with Crippen LogP contribution in [0.2, 0.25) is 0 Å². The SMILES string of the molecule is CSc1cccc(NC(=O)CSc2nc(-c3ccccc3)nc3c2Cc2cc(C)ccc2O3)c1. The molecule has 0 fully saturated rings. The number of anilines is 1. The minimum Gasteiger partial charge on any atom is -0.438 e. The number of benzene rings is 3. The highest BCUT2D eigenvalue weighted by Gasteiger charge is 2.24. The number of nitrogens with zero attached hydrogens (tertiary/aromatic N) is 2. The minimum absolute atomic E-state index is 0.0788. The van der Waals surface area contributed by atoms with E-state index in [1.54, 1.807) is 11.8 Å². The maximum atomic E-state index is 12.7. The average Bonchev–Trinajstić information content (AvgIpc) is 2.86. The maximum absolute atomic E-state index is 12.7. The van der Waals surface area contributed by atoms with Crippen molar-refractivity contribution in [1.29, 1.82) is 0 Å². The van der Waals surface area contributed by atoms with E-state index in [4.69, 9.17) is 14.7 Å². The van der Waals surface area contributed by atoms with Crippen molar-refractivity contribution in [3.8, 4) is 23.0 Å². The molecule has 1 aliphatic rings. The number of fused-ring (bicyclic) bond motifs is 2. The number of nitrogens with one attached hydrogen (secondary N) is 1. The molecule has 1 aliphatic heterocycles. The molecule has 0 aliphatic carbocycles. The first-order valence-corrected chi connectivity index (χ1v) is 13.1. The number of thioether (sulfide) groups is 2. The predicted molar refractivity (Wildman–Crippen MR) is 139 cm³/mol. The number of aromatic nitrogens is 2. The zero-order chi connectivity index (χ0) is 23.5. The smallest absolute Gasteiger partial charge is 0.234 e. The molecule has 0 unspecified atom stereocenters. The lowest BCUT2D eigenvalue weighted by Gasteiger charge is -2.22. The quantitative estimate of drug-likeness (QED) is 0.216. The van der Waals surface area contributed by atoms with Gasteiger partial charge in [-0.25, -0.2) is 4.98 Å². The number of hydrogen-bond acceptors (Lipinski definition) is 6. The zero-order valence-corrected chi connectivity index (χ0v) is 20.5. The summed E-state index contributed by atoms with van der Waals surface area (Å²) in [6.45, 7) is 2.07. The Morgan fingerprint density at radius 3 is 2.71 bits per heavy atom. The second-order valence-corrected chi connectivity index (χ2v) is 9.80. The van der Waals surface area contributed by atoms with E-state index < -0.39 is 0 Å². The van der Waals surface area contributed by atoms with Crippen molar-refractivity contribution in [3.63, 3.8) is 0 Å². The topological polar surface area (TPSA) is 64.1 Å². The van der Waals surface area contributed by atoms with Gasteiger partial charge in [-0.2, -0.15) is 4.98 Å². The average molecular weight is 486 g/mol. The van der Waals surface area contributed by atoms with Gasteiger partial charge in [0.05, 0.1) is 11.3 Å². The van der Waals surface area contributed by atoms with Crippen molar-refractivity contribution in [2.45, 2.75) is 23.3 Å². The summed E-state index contributed by atoms with van der Waals surface area (Å²) in [5, 5.41) is 3.76. The van der Waals surface area contributed by atoms with E-state index in [2.05, 4.69) is 18.3 Å². The first-order chi connectivity index (χ1) is 16.6. The van der Waals surface area contributed by atoms with Crippen molar-refractivity contribution in [2.24, 2.45) is 0 Å². The monoisotopic (exact) mass is 485 g/mol. The van der Waals surface area contributed by atoms with Gasteiger partial charge in [-0.1, -0.05) is 65.9 Å². The standard InChI is InChI=1S/C27H23N3O2S2/c1-17-11-12-23-19(13-17)14-22-26(32-23)29-25(18-7-4-3-5-8-18)30-27(22)34-16-24(31)28-20-9-6-10-21(15-20)33-2/h3-13,15H,14,16H2,1-2H3,(H,28,31). The summed E-state index contributed by atoms with van der Waals surface area (Å²) < 4.78 is 6.20. The van der Waals surface area contributed by atoms with Crippen LogP contribution in [-0.2, 0) is 11.2 Å². The molecule has 4 aromatic rings. The highest BCUT2D eigenvalue weighted by molar-refractivity contribution is 8.00. The fraction of sp³-hybridized carbons (Fsp3) is 0.148. The first-order valence-electron chi connectivity index (χ1n) is 10.9. The van der Waals surface area contributed by atoms with E-state index in [-0.39, 0.29) is 11.7 Å². The van der Waals surface area contributed by atoms with Gasteiger partial charge in [-0.3, -0.25) is 4.79 Å². The molecule has 0 bridgehead atoms. The Morgan fingerprint density at radius 2 is 1.88 bits per heavy atom. The van der Waals surface area contributed by atoms with Gasteiger partial charge < -0.3 is 10.1 Å². The lowest BCUT2D eigenvalue weighted by molar-refractivity contribution is -0.113. The first kappa shape index (κ1) is 22.5. The Labute approximate surface area is 207 Å². The van der Waals surface area contributed by atoms with Crippen LogP contribution in [0.5, 0.6) is 11.6 Å². The van der Waals surface area contributed by atoms with Crippen LogP contribution in [0.15, 0.2) is 82.7 Å². The third kappa shape index (κ3) is 4.95. The summed E-state index contributed by atoms with van der Waals surface area (Å²) in [5.74, 6) is 2.12. The lowest BCUT2D eigenvalue weighted by Crippen LogP contribution is -2.15. The second kappa shape index (κ2) is 9.91. The van der Waals surface area contributed by atoms with Crippen LogP contribution in [0.4, 0.5) is 5.69 Å². The number of hydrogen-bond donors (Lipinski definition) is 1. The number of ether oxygens (including phenoxy) is 1. The molecule has 1 amide bonds. The van der Waals surface area contributed by atoms with Crippen LogP contribution < -0.4 is 10.1 Å². The fourth-order valence-corrected chi connectivity index (χ4v) is 5.07. The minimum atomic E-state index is -0.0788. The van der Waals surface area contributed by atoms with E-state index in [1.165, 1.54) is 17.3 Å². The van der Waals surface area contributed by atoms with Crippen molar-refractivity contribution in [2.75, 3.05) is 17.3 Å². The number of aryl methyl sites for hydroxylation is 1. The van der Waals surface area contributed by atoms with Crippen molar-refractivity contribution in [3.05, 3.63) is 89.5 Å². The molecule has 3 aromatic carbocycles. The van der Waals surface area contributed by atoms with Crippen LogP contribution in [0.25, 0.3) is 11.4 Å². The summed E-state index contributed by atoms with van der Waals surface area (Å²) >= 11 is 3.05. The van der Waals surface area contributed by atoms with E-state index in [9.17, 15) is 4.79 Å². The molecule has 0 spiro atoms. The van der Waals surface area contributed by atoms with Gasteiger partial charge >= 0.3 is 0 Å². The molecule has 5 nitrogen and oxygen atoms in total. The van der Waals surface area contributed by atoms with Gasteiger partial charge in [0.25, 0.3) is 0 Å². The van der Waals surface area contributed by atoms with Gasteiger partial charge in [0.2, 0.25) is 11.8 Å². The van der Waals surface area contributed by atoms with Crippen LogP contribution in [0, 0.1) is 6.92 Å². The molecular formula is C27H23N3O2S2. The van der Waals surface area contributed by atoms with Gasteiger partial charge in [-0.05, 0) is 43.0 Å². The molecule has 0 atom stereocenters. The van der Waals surface area contributed by atoms with Crippen molar-refractivity contribution >= 4 is 35.1 Å². The third-order valence-electron chi connectivity index (χ3n) is 5.45. The molecule has 0 radical (unpaired) electrons. The van der Waals surface area contributed by atoms with Gasteiger partial charge in [0, 0.05) is 22.6 Å². The molecule has 1 N–H and O–H groups in total. The van der Waals surface area contributed by atoms with Crippen LogP contribution in [-0.4, -0.2) is 27.9 Å². The third-order valence-corrected chi connectivity index (χ3v) is 7.19. The predicted octanol–water partition coefficient (Wildman–Crippen LogP) is 6.60. The normalized spacial score (nSPS) is 11.8. The largest absolute Gasteiger partial charge is 0.438 e. The fourth-order valence-electron chi connectivity index (χ4n) is 3.79. The Kier molecular flexibility index (Phi) is 6.56. The number of carbonyl (C=O) groups excluding carboxylic acids is 1. The number of carbonyl (C=O) groups is 1. The molecule has 34 heavy (non-hydrogen) atoms. The van der Waals surface area contributed by atoms with Gasteiger partial charge in [-0.15, -0.1) is 11.8 Å². The van der Waals surface area contributed by atoms with Gasteiger partial charge in [0.1, 0.15) is 10.8 Å². The lowest BCUT2D eigenvalue weighted by atomic mass is 10.0. The highest BCUT2D eigenvalue weighted by atomic mass is 32.2. The molecule has 170 valence electrons. The Hall–Kier alpha value is -3.29. The molecule has 5 rings (SSSR count). The van der Waals surface area contributed by atoms with Crippen molar-refractivity contribution in [1.82, 2.24) is 9.97 Å². The maximum Gasteiger partial charge on any atom is 0.234 e. The van der Waals surface area contributed by atoms with Crippen molar-refractivity contribution < 1.29 is 9.53 Å².